The first-order valence-electron chi connectivity index (χ1n) is 4.79. The van der Waals surface area contributed by atoms with Gasteiger partial charge < -0.3 is 4.90 Å². The van der Waals surface area contributed by atoms with E-state index >= 15 is 0 Å². The molecule has 0 amide bonds. The van der Waals surface area contributed by atoms with Crippen LogP contribution >= 0.6 is 23.2 Å². The van der Waals surface area contributed by atoms with Gasteiger partial charge in [-0.05, 0) is 30.5 Å². The van der Waals surface area contributed by atoms with Crippen LogP contribution in [0.3, 0.4) is 0 Å². The molecule has 14 heavy (non-hydrogen) atoms. The summed E-state index contributed by atoms with van der Waals surface area (Å²) < 4.78 is 0. The smallest absolute Gasteiger partial charge is 0.0488 e. The summed E-state index contributed by atoms with van der Waals surface area (Å²) in [5, 5.41) is 0.769. The Bertz CT molecular complexity index is 334. The third kappa shape index (κ3) is 1.99. The Morgan fingerprint density at radius 2 is 2.14 bits per heavy atom. The lowest BCUT2D eigenvalue weighted by molar-refractivity contribution is 0.917. The first kappa shape index (κ1) is 10.1. The lowest BCUT2D eigenvalue weighted by Gasteiger charge is -2.19. The lowest BCUT2D eigenvalue weighted by Crippen LogP contribution is -2.19. The Morgan fingerprint density at radius 3 is 2.64 bits per heavy atom. The molecular formula is C11H13Cl2N. The largest absolute Gasteiger partial charge is 0.372 e. The number of anilines is 1. The number of alkyl halides is 1. The SMILES string of the molecule is CN(c1ccc(CCl)c(Cl)c1)C1CC1. The van der Waals surface area contributed by atoms with Crippen molar-refractivity contribution in [2.24, 2.45) is 0 Å². The second-order valence-corrected chi connectivity index (χ2v) is 4.43. The molecule has 0 unspecified atom stereocenters. The topological polar surface area (TPSA) is 3.24 Å². The fraction of sp³-hybridized carbons (Fsp3) is 0.455. The van der Waals surface area contributed by atoms with Crippen LogP contribution in [0.15, 0.2) is 18.2 Å². The van der Waals surface area contributed by atoms with Crippen molar-refractivity contribution in [3.63, 3.8) is 0 Å². The molecule has 0 aromatic heterocycles. The molecule has 1 aromatic carbocycles. The highest BCUT2D eigenvalue weighted by Gasteiger charge is 2.26. The Kier molecular flexibility index (Phi) is 2.89. The van der Waals surface area contributed by atoms with E-state index in [0.29, 0.717) is 11.9 Å². The molecule has 0 saturated heterocycles. The van der Waals surface area contributed by atoms with Crippen molar-refractivity contribution >= 4 is 28.9 Å². The molecule has 0 spiro atoms. The van der Waals surface area contributed by atoms with Gasteiger partial charge >= 0.3 is 0 Å². The highest BCUT2D eigenvalue weighted by atomic mass is 35.5. The fourth-order valence-electron chi connectivity index (χ4n) is 1.54. The van der Waals surface area contributed by atoms with Crippen LogP contribution in [-0.2, 0) is 5.88 Å². The first-order valence-corrected chi connectivity index (χ1v) is 5.71. The van der Waals surface area contributed by atoms with Gasteiger partial charge in [0.1, 0.15) is 0 Å². The molecule has 3 heteroatoms. The average molecular weight is 230 g/mol. The zero-order chi connectivity index (χ0) is 10.1. The Morgan fingerprint density at radius 1 is 1.43 bits per heavy atom. The number of halogens is 2. The van der Waals surface area contributed by atoms with Gasteiger partial charge in [0.15, 0.2) is 0 Å². The lowest BCUT2D eigenvalue weighted by atomic mass is 10.2. The van der Waals surface area contributed by atoms with Crippen molar-refractivity contribution in [1.82, 2.24) is 0 Å². The van der Waals surface area contributed by atoms with Crippen molar-refractivity contribution in [3.8, 4) is 0 Å². The Labute approximate surface area is 94.6 Å². The van der Waals surface area contributed by atoms with E-state index in [-0.39, 0.29) is 0 Å². The maximum absolute atomic E-state index is 6.09. The second kappa shape index (κ2) is 4.00. The fourth-order valence-corrected chi connectivity index (χ4v) is 2.08. The van der Waals surface area contributed by atoms with Crippen LogP contribution in [0.4, 0.5) is 5.69 Å². The standard InChI is InChI=1S/C11H13Cl2N/c1-14(9-4-5-9)10-3-2-8(7-12)11(13)6-10/h2-3,6,9H,4-5,7H2,1H3. The third-order valence-electron chi connectivity index (χ3n) is 2.68. The van der Waals surface area contributed by atoms with Gasteiger partial charge in [-0.3, -0.25) is 0 Å². The molecule has 0 heterocycles. The monoisotopic (exact) mass is 229 g/mol. The number of nitrogens with zero attached hydrogens (tertiary/aromatic N) is 1. The summed E-state index contributed by atoms with van der Waals surface area (Å²) in [6.45, 7) is 0. The number of hydrogen-bond acceptors (Lipinski definition) is 1. The zero-order valence-corrected chi connectivity index (χ0v) is 9.65. The average Bonchev–Trinajstić information content (AvgIpc) is 3.00. The van der Waals surface area contributed by atoms with Gasteiger partial charge in [0, 0.05) is 29.7 Å². The Balaban J connectivity index is 2.22. The molecule has 1 nitrogen and oxygen atoms in total. The van der Waals surface area contributed by atoms with Crippen molar-refractivity contribution in [3.05, 3.63) is 28.8 Å². The number of hydrogen-bond donors (Lipinski definition) is 0. The van der Waals surface area contributed by atoms with E-state index in [1.165, 1.54) is 18.5 Å². The van der Waals surface area contributed by atoms with Crippen molar-refractivity contribution in [2.45, 2.75) is 24.8 Å². The minimum absolute atomic E-state index is 0.478. The molecule has 0 radical (unpaired) electrons. The summed E-state index contributed by atoms with van der Waals surface area (Å²) in [5.74, 6) is 0.478. The molecule has 1 saturated carbocycles. The van der Waals surface area contributed by atoms with E-state index in [1.807, 2.05) is 12.1 Å². The minimum atomic E-state index is 0.478. The molecule has 76 valence electrons. The molecule has 1 fully saturated rings. The molecular weight excluding hydrogens is 217 g/mol. The summed E-state index contributed by atoms with van der Waals surface area (Å²) >= 11 is 11.8. The minimum Gasteiger partial charge on any atom is -0.372 e. The zero-order valence-electron chi connectivity index (χ0n) is 8.13. The van der Waals surface area contributed by atoms with Crippen LogP contribution < -0.4 is 4.90 Å². The van der Waals surface area contributed by atoms with Gasteiger partial charge in [0.2, 0.25) is 0 Å². The molecule has 0 N–H and O–H groups in total. The van der Waals surface area contributed by atoms with Gasteiger partial charge in [-0.2, -0.15) is 0 Å². The van der Waals surface area contributed by atoms with Crippen molar-refractivity contribution in [1.29, 1.82) is 0 Å². The summed E-state index contributed by atoms with van der Waals surface area (Å²) in [5.41, 5.74) is 2.19. The van der Waals surface area contributed by atoms with Crippen LogP contribution in [-0.4, -0.2) is 13.1 Å². The van der Waals surface area contributed by atoms with E-state index in [1.54, 1.807) is 0 Å². The number of rotatable bonds is 3. The quantitative estimate of drug-likeness (QED) is 0.716. The predicted octanol–water partition coefficient (Wildman–Crippen LogP) is 3.68. The first-order chi connectivity index (χ1) is 6.72. The molecule has 0 atom stereocenters. The van der Waals surface area contributed by atoms with Crippen molar-refractivity contribution < 1.29 is 0 Å². The molecule has 1 aromatic rings. The van der Waals surface area contributed by atoms with Crippen LogP contribution in [0.25, 0.3) is 0 Å². The molecule has 2 rings (SSSR count). The highest BCUT2D eigenvalue weighted by molar-refractivity contribution is 6.32. The van der Waals surface area contributed by atoms with Crippen LogP contribution in [0.1, 0.15) is 18.4 Å². The summed E-state index contributed by atoms with van der Waals surface area (Å²) in [7, 11) is 2.11. The number of benzene rings is 1. The van der Waals surface area contributed by atoms with Crippen LogP contribution in [0.5, 0.6) is 0 Å². The maximum Gasteiger partial charge on any atom is 0.0488 e. The van der Waals surface area contributed by atoms with Gasteiger partial charge in [0.05, 0.1) is 0 Å². The van der Waals surface area contributed by atoms with E-state index < -0.39 is 0 Å². The summed E-state index contributed by atoms with van der Waals surface area (Å²) in [4.78, 5) is 2.28. The van der Waals surface area contributed by atoms with Crippen LogP contribution in [0, 0.1) is 0 Å². The van der Waals surface area contributed by atoms with Gasteiger partial charge in [-0.15, -0.1) is 11.6 Å². The molecule has 0 bridgehead atoms. The van der Waals surface area contributed by atoms with Crippen molar-refractivity contribution in [2.75, 3.05) is 11.9 Å². The van der Waals surface area contributed by atoms with Gasteiger partial charge in [-0.25, -0.2) is 0 Å². The second-order valence-electron chi connectivity index (χ2n) is 3.75. The molecule has 0 aliphatic heterocycles. The predicted molar refractivity (Wildman–Crippen MR) is 62.4 cm³/mol. The summed E-state index contributed by atoms with van der Waals surface area (Å²) in [6, 6.07) is 6.80. The van der Waals surface area contributed by atoms with E-state index in [2.05, 4.69) is 18.0 Å². The van der Waals surface area contributed by atoms with E-state index in [4.69, 9.17) is 23.2 Å². The molecule has 1 aliphatic carbocycles. The highest BCUT2D eigenvalue weighted by Crippen LogP contribution is 2.32. The van der Waals surface area contributed by atoms with Gasteiger partial charge in [-0.1, -0.05) is 17.7 Å². The summed E-state index contributed by atoms with van der Waals surface area (Å²) in [6.07, 6.45) is 2.59. The third-order valence-corrected chi connectivity index (χ3v) is 3.32. The Hall–Kier alpha value is -0.400. The molecule has 1 aliphatic rings. The maximum atomic E-state index is 6.09. The normalized spacial score (nSPS) is 15.6. The van der Waals surface area contributed by atoms with E-state index in [9.17, 15) is 0 Å². The van der Waals surface area contributed by atoms with Crippen LogP contribution in [0.2, 0.25) is 5.02 Å². The van der Waals surface area contributed by atoms with E-state index in [0.717, 1.165) is 10.6 Å². The van der Waals surface area contributed by atoms with Gasteiger partial charge in [0.25, 0.3) is 0 Å².